The van der Waals surface area contributed by atoms with Gasteiger partial charge < -0.3 is 14.6 Å². The lowest BCUT2D eigenvalue weighted by molar-refractivity contribution is -0.386. The largest absolute Gasteiger partial charge is 0.507 e. The van der Waals surface area contributed by atoms with Crippen molar-refractivity contribution in [3.63, 3.8) is 0 Å². The van der Waals surface area contributed by atoms with Crippen LogP contribution in [0.3, 0.4) is 0 Å². The lowest BCUT2D eigenvalue weighted by atomic mass is 9.87. The Kier molecular flexibility index (Phi) is 4.48. The molecule has 1 N–H and O–H groups in total. The van der Waals surface area contributed by atoms with Gasteiger partial charge in [0.1, 0.15) is 23.7 Å². The fourth-order valence-corrected chi connectivity index (χ4v) is 3.25. The van der Waals surface area contributed by atoms with E-state index in [1.165, 1.54) is 18.3 Å². The Morgan fingerprint density at radius 2 is 2.08 bits per heavy atom. The van der Waals surface area contributed by atoms with Crippen molar-refractivity contribution in [2.45, 2.75) is 46.1 Å². The van der Waals surface area contributed by atoms with Gasteiger partial charge in [-0.05, 0) is 63.3 Å². The monoisotopic (exact) mass is 358 g/mol. The fourth-order valence-electron chi connectivity index (χ4n) is 3.25. The van der Waals surface area contributed by atoms with E-state index in [1.807, 2.05) is 27.7 Å². The third-order valence-corrected chi connectivity index (χ3v) is 5.05. The number of rotatable bonds is 4. The molecule has 0 amide bonds. The van der Waals surface area contributed by atoms with Crippen LogP contribution in [0.1, 0.15) is 35.6 Å². The summed E-state index contributed by atoms with van der Waals surface area (Å²) >= 11 is 0. The smallest absolute Gasteiger partial charge is 0.330 e. The molecule has 0 radical (unpaired) electrons. The summed E-state index contributed by atoms with van der Waals surface area (Å²) in [5.41, 5.74) is 2.74. The highest BCUT2D eigenvalue weighted by molar-refractivity contribution is 5.58. The molecule has 1 unspecified atom stereocenters. The second-order valence-corrected chi connectivity index (χ2v) is 6.96. The average Bonchev–Trinajstić information content (AvgIpc) is 2.63. The van der Waals surface area contributed by atoms with Crippen LogP contribution in [0.5, 0.6) is 17.4 Å². The molecule has 0 spiro atoms. The van der Waals surface area contributed by atoms with E-state index in [0.29, 0.717) is 12.2 Å². The van der Waals surface area contributed by atoms with Gasteiger partial charge in [0.2, 0.25) is 0 Å². The van der Waals surface area contributed by atoms with Crippen molar-refractivity contribution < 1.29 is 19.5 Å². The molecule has 138 valence electrons. The van der Waals surface area contributed by atoms with E-state index in [-0.39, 0.29) is 18.2 Å². The average molecular weight is 358 g/mol. The Labute approximate surface area is 151 Å². The zero-order valence-electron chi connectivity index (χ0n) is 15.3. The first-order valence-corrected chi connectivity index (χ1v) is 8.46. The second kappa shape index (κ2) is 6.48. The number of ether oxygens (including phenoxy) is 2. The first-order chi connectivity index (χ1) is 12.2. The molecule has 0 bridgehead atoms. The molecule has 7 heteroatoms. The molecule has 1 atom stereocenters. The van der Waals surface area contributed by atoms with Crippen LogP contribution in [0.25, 0.3) is 0 Å². The van der Waals surface area contributed by atoms with Crippen LogP contribution >= 0.6 is 0 Å². The Morgan fingerprint density at radius 1 is 1.35 bits per heavy atom. The molecule has 3 rings (SSSR count). The summed E-state index contributed by atoms with van der Waals surface area (Å²) in [5, 5.41) is 21.4. The molecule has 0 saturated carbocycles. The van der Waals surface area contributed by atoms with Gasteiger partial charge in [-0.3, -0.25) is 10.1 Å². The second-order valence-electron chi connectivity index (χ2n) is 6.96. The summed E-state index contributed by atoms with van der Waals surface area (Å²) in [7, 11) is 0. The van der Waals surface area contributed by atoms with Gasteiger partial charge in [0.25, 0.3) is 5.88 Å². The maximum Gasteiger partial charge on any atom is 0.330 e. The van der Waals surface area contributed by atoms with Crippen molar-refractivity contribution in [3.05, 3.63) is 50.7 Å². The van der Waals surface area contributed by atoms with Crippen LogP contribution in [0, 0.1) is 30.9 Å². The highest BCUT2D eigenvalue weighted by Crippen LogP contribution is 2.43. The Balaban J connectivity index is 1.85. The van der Waals surface area contributed by atoms with E-state index >= 15 is 0 Å². The number of phenols is 1. The van der Waals surface area contributed by atoms with Gasteiger partial charge in [0.05, 0.1) is 4.92 Å². The predicted octanol–water partition coefficient (Wildman–Crippen LogP) is 3.78. The van der Waals surface area contributed by atoms with E-state index in [0.717, 1.165) is 34.4 Å². The van der Waals surface area contributed by atoms with E-state index in [1.54, 1.807) is 0 Å². The molecule has 2 aromatic rings. The van der Waals surface area contributed by atoms with Crippen molar-refractivity contribution in [2.24, 2.45) is 0 Å². The van der Waals surface area contributed by atoms with Crippen LogP contribution in [0.2, 0.25) is 0 Å². The molecule has 1 aliphatic rings. The van der Waals surface area contributed by atoms with Crippen LogP contribution < -0.4 is 9.47 Å². The fraction of sp³-hybridized carbons (Fsp3) is 0.421. The summed E-state index contributed by atoms with van der Waals surface area (Å²) in [5.74, 6) is 1.07. The quantitative estimate of drug-likeness (QED) is 0.660. The molecule has 1 aromatic heterocycles. The zero-order chi connectivity index (χ0) is 19.1. The summed E-state index contributed by atoms with van der Waals surface area (Å²) < 4.78 is 11.9. The lowest BCUT2D eigenvalue weighted by Crippen LogP contribution is -2.42. The van der Waals surface area contributed by atoms with Gasteiger partial charge in [-0.2, -0.15) is 0 Å². The highest BCUT2D eigenvalue weighted by Gasteiger charge is 2.36. The minimum absolute atomic E-state index is 0.0112. The number of benzene rings is 1. The van der Waals surface area contributed by atoms with Gasteiger partial charge in [0, 0.05) is 17.8 Å². The number of aromatic hydroxyl groups is 1. The van der Waals surface area contributed by atoms with Gasteiger partial charge >= 0.3 is 5.69 Å². The third-order valence-electron chi connectivity index (χ3n) is 5.05. The molecule has 7 nitrogen and oxygen atoms in total. The van der Waals surface area contributed by atoms with E-state index < -0.39 is 10.5 Å². The lowest BCUT2D eigenvalue weighted by Gasteiger charge is -2.37. The summed E-state index contributed by atoms with van der Waals surface area (Å²) in [6.07, 6.45) is 2.87. The van der Waals surface area contributed by atoms with Gasteiger partial charge in [-0.25, -0.2) is 4.98 Å². The number of hydrogen-bond donors (Lipinski definition) is 1. The number of nitrogens with zero attached hydrogens (tertiary/aromatic N) is 2. The summed E-state index contributed by atoms with van der Waals surface area (Å²) in [6, 6.07) is 2.86. The molecule has 0 aliphatic carbocycles. The maximum atomic E-state index is 11.1. The Morgan fingerprint density at radius 3 is 2.77 bits per heavy atom. The van der Waals surface area contributed by atoms with Crippen LogP contribution in [-0.4, -0.2) is 27.2 Å². The van der Waals surface area contributed by atoms with Crippen molar-refractivity contribution >= 4 is 5.69 Å². The van der Waals surface area contributed by atoms with E-state index in [4.69, 9.17) is 9.47 Å². The van der Waals surface area contributed by atoms with Crippen LogP contribution in [0.4, 0.5) is 5.69 Å². The van der Waals surface area contributed by atoms with Crippen LogP contribution in [0.15, 0.2) is 18.3 Å². The Hall–Kier alpha value is -2.83. The molecule has 1 aliphatic heterocycles. The first-order valence-electron chi connectivity index (χ1n) is 8.46. The predicted molar refractivity (Wildman–Crippen MR) is 96.1 cm³/mol. The third kappa shape index (κ3) is 3.05. The van der Waals surface area contributed by atoms with Gasteiger partial charge in [-0.1, -0.05) is 0 Å². The van der Waals surface area contributed by atoms with E-state index in [9.17, 15) is 15.2 Å². The molecule has 0 fully saturated rings. The maximum absolute atomic E-state index is 11.1. The SMILES string of the molecule is Cc1c(C)c2c(c(C)c1O)CCC(C)(COc1ncccc1[N+](=O)[O-])O2. The standard InChI is InChI=1S/C19H22N2O5/c1-11-12(2)17-14(13(3)16(11)22)7-8-19(4,26-17)10-25-18-15(21(23)24)6-5-9-20-18/h5-6,9,22H,7-8,10H2,1-4H3. The number of fused-ring (bicyclic) bond motifs is 1. The normalized spacial score (nSPS) is 18.8. The van der Waals surface area contributed by atoms with Crippen molar-refractivity contribution in [3.8, 4) is 17.4 Å². The molecule has 26 heavy (non-hydrogen) atoms. The van der Waals surface area contributed by atoms with Crippen molar-refractivity contribution in [1.29, 1.82) is 0 Å². The highest BCUT2D eigenvalue weighted by atomic mass is 16.6. The number of aromatic nitrogens is 1. The van der Waals surface area contributed by atoms with Crippen molar-refractivity contribution in [2.75, 3.05) is 6.61 Å². The summed E-state index contributed by atoms with van der Waals surface area (Å²) in [4.78, 5) is 14.6. The van der Waals surface area contributed by atoms with Gasteiger partial charge in [0.15, 0.2) is 0 Å². The molecular weight excluding hydrogens is 336 g/mol. The zero-order valence-corrected chi connectivity index (χ0v) is 15.3. The number of phenolic OH excluding ortho intramolecular Hbond substituents is 1. The molecule has 0 saturated heterocycles. The minimum atomic E-state index is -0.640. The topological polar surface area (TPSA) is 94.7 Å². The molecular formula is C19H22N2O5. The van der Waals surface area contributed by atoms with E-state index in [2.05, 4.69) is 4.98 Å². The minimum Gasteiger partial charge on any atom is -0.507 e. The summed E-state index contributed by atoms with van der Waals surface area (Å²) in [6.45, 7) is 7.73. The van der Waals surface area contributed by atoms with Gasteiger partial charge in [-0.15, -0.1) is 0 Å². The first kappa shape index (κ1) is 18.0. The van der Waals surface area contributed by atoms with Crippen molar-refractivity contribution in [1.82, 2.24) is 4.98 Å². The number of pyridine rings is 1. The number of hydrogen-bond acceptors (Lipinski definition) is 6. The molecule has 2 heterocycles. The molecule has 1 aromatic carbocycles. The van der Waals surface area contributed by atoms with Crippen LogP contribution in [-0.2, 0) is 6.42 Å². The number of nitro groups is 1. The Bertz CT molecular complexity index is 881.